The maximum atomic E-state index is 3.93. The van der Waals surface area contributed by atoms with E-state index in [1.54, 1.807) is 24.2 Å². The number of rotatable bonds is 60. The molecule has 0 atom stereocenters. The van der Waals surface area contributed by atoms with Crippen LogP contribution in [-0.2, 0) is 41.5 Å². The average molecular weight is 1540 g/mol. The van der Waals surface area contributed by atoms with Gasteiger partial charge in [0.15, 0.2) is 0 Å². The van der Waals surface area contributed by atoms with Gasteiger partial charge in [-0.3, -0.25) is 6.08 Å². The molecule has 4 aromatic rings. The van der Waals surface area contributed by atoms with E-state index in [9.17, 15) is 0 Å². The van der Waals surface area contributed by atoms with Crippen LogP contribution in [0.1, 0.15) is 468 Å². The Morgan fingerprint density at radius 1 is 0.337 bits per heavy atom. The molecule has 0 spiro atoms. The van der Waals surface area contributed by atoms with E-state index in [2.05, 4.69) is 154 Å². The second-order valence-electron chi connectivity index (χ2n) is 34.5. The summed E-state index contributed by atoms with van der Waals surface area (Å²) in [5.74, 6) is 0. The third-order valence-corrected chi connectivity index (χ3v) is 24.0. The quantitative estimate of drug-likeness (QED) is 0.0269. The van der Waals surface area contributed by atoms with Gasteiger partial charge in [0.1, 0.15) is 0 Å². The number of hydrogen-bond donors (Lipinski definition) is 0. The Morgan fingerprint density at radius 2 is 0.625 bits per heavy atom. The first-order valence-corrected chi connectivity index (χ1v) is 46.2. The zero-order valence-electron chi connectivity index (χ0n) is 70.3. The van der Waals surface area contributed by atoms with Crippen molar-refractivity contribution in [2.75, 3.05) is 0 Å². The van der Waals surface area contributed by atoms with E-state index in [-0.39, 0.29) is 35.6 Å². The Balaban J connectivity index is 0.000000724. The standard InChI is InChI=1S/C61H122.C35H37.C5H5.2ClH.Zr/c1-3-5-7-9-11-13-15-17-19-21-23-25-27-29-31-33-35-37-39-41-43-45-47-49-51-53-55-57-59-61-60-58-56-54-52-50-48-46-44-42-40-38-36-34-32-30-28-26-24-22-20-18-16-14-12-10-8-6-4-2;1-22-13-9-11-15-26(22)30-18-24-17-25-19-31(27-16-12-10-14-23(27)2)33(35(6,7)8)21-29(25)28(24)20-32(30)34(3,4)5;1-2-4-5-3-1;;;/h3-60H2,1-2H3;9-16,18,20-21H,17H2,1-8H3;1-3H,4H2;2*1H;/q;2*-1;;;+2/p-2. The summed E-state index contributed by atoms with van der Waals surface area (Å²) in [6, 6.07) is 28.9. The molecule has 0 N–H and O–H groups in total. The maximum absolute atomic E-state index is 3.93. The first-order valence-electron chi connectivity index (χ1n) is 44.9. The smallest absolute Gasteiger partial charge is 1.00 e. The van der Waals surface area contributed by atoms with Gasteiger partial charge in [-0.05, 0) is 58.9 Å². The van der Waals surface area contributed by atoms with E-state index < -0.39 is 0 Å². The van der Waals surface area contributed by atoms with Crippen LogP contribution in [0.15, 0.2) is 85.0 Å². The minimum atomic E-state index is 0. The van der Waals surface area contributed by atoms with Gasteiger partial charge in [-0.25, -0.2) is 12.2 Å². The van der Waals surface area contributed by atoms with Crippen molar-refractivity contribution >= 4 is 3.21 Å². The number of hydrogen-bond acceptors (Lipinski definition) is 0. The molecule has 0 heterocycles. The molecule has 6 rings (SSSR count). The summed E-state index contributed by atoms with van der Waals surface area (Å²) in [6.45, 7) is 23.0. The van der Waals surface area contributed by atoms with Crippen LogP contribution >= 0.6 is 0 Å². The van der Waals surface area contributed by atoms with E-state index in [0.717, 1.165) is 12.8 Å². The molecule has 0 saturated heterocycles. The first kappa shape index (κ1) is 97.8. The van der Waals surface area contributed by atoms with Gasteiger partial charge in [-0.1, -0.05) is 369 Å². The second-order valence-corrected chi connectivity index (χ2v) is 36.2. The number of halogens is 2. The van der Waals surface area contributed by atoms with Crippen LogP contribution in [-0.4, -0.2) is 3.21 Å². The van der Waals surface area contributed by atoms with E-state index in [1.165, 1.54) is 439 Å². The van der Waals surface area contributed by atoms with Crippen LogP contribution in [0.3, 0.4) is 0 Å². The zero-order chi connectivity index (χ0) is 73.2. The predicted octanol–water partition coefficient (Wildman–Crippen LogP) is 28.3. The molecule has 0 bridgehead atoms. The van der Waals surface area contributed by atoms with Crippen LogP contribution in [0, 0.1) is 26.0 Å². The summed E-state index contributed by atoms with van der Waals surface area (Å²) in [5, 5.41) is 0. The van der Waals surface area contributed by atoms with Crippen LogP contribution in [0.4, 0.5) is 0 Å². The Labute approximate surface area is 676 Å². The van der Waals surface area contributed by atoms with Crippen LogP contribution < -0.4 is 24.8 Å². The van der Waals surface area contributed by atoms with E-state index in [4.69, 9.17) is 0 Å². The number of allylic oxidation sites excluding steroid dienone is 4. The fourth-order valence-corrected chi connectivity index (χ4v) is 16.9. The normalized spacial score (nSPS) is 12.2. The molecule has 2 aliphatic carbocycles. The van der Waals surface area contributed by atoms with E-state index >= 15 is 0 Å². The average Bonchev–Trinajstić information content (AvgIpc) is 1.55. The van der Waals surface area contributed by atoms with Crippen molar-refractivity contribution in [2.45, 2.75) is 465 Å². The van der Waals surface area contributed by atoms with Crippen LogP contribution in [0.25, 0.3) is 33.4 Å². The molecule has 0 aliphatic heterocycles. The summed E-state index contributed by atoms with van der Waals surface area (Å²) in [5.41, 5.74) is 16.3. The molecule has 588 valence electrons. The zero-order valence-corrected chi connectivity index (χ0v) is 74.2. The monoisotopic (exact) mass is 1540 g/mol. The molecule has 104 heavy (non-hydrogen) atoms. The van der Waals surface area contributed by atoms with Crippen molar-refractivity contribution < 1.29 is 49.0 Å². The predicted molar refractivity (Wildman–Crippen MR) is 457 cm³/mol. The van der Waals surface area contributed by atoms with Crippen molar-refractivity contribution in [3.63, 3.8) is 0 Å². The molecule has 0 saturated carbocycles. The van der Waals surface area contributed by atoms with Crippen molar-refractivity contribution in [3.05, 3.63) is 130 Å². The van der Waals surface area contributed by atoms with Gasteiger partial charge in [0.25, 0.3) is 0 Å². The summed E-state index contributed by atoms with van der Waals surface area (Å²) in [7, 11) is 0. The van der Waals surface area contributed by atoms with E-state index in [1.807, 2.05) is 15.4 Å². The number of fused-ring (bicyclic) bond motifs is 3. The molecule has 0 aromatic heterocycles. The fraction of sp³-hybridized carbons (Fsp3) is 0.713. The SMILES string of the molecule is CCCCCCCCCCCCCCCCCCCCCCCCCCCCCC[C](=[Zr+2])CCCCCCCCCCCCCCCCCCCCCCCCCCCCCC.Cc1ccccc1-c1[c-]c2c(cc1C(C)(C)C)-c1cc(C(C)(C)C)c(-c3ccccc3C)cc1C2.[C-]1=CC=CC1.[Cl-].[Cl-]. The van der Waals surface area contributed by atoms with Crippen LogP contribution in [0.2, 0.25) is 0 Å². The number of aryl methyl sites for hydroxylation is 2. The van der Waals surface area contributed by atoms with Gasteiger partial charge in [-0.2, -0.15) is 6.08 Å². The van der Waals surface area contributed by atoms with Crippen molar-refractivity contribution in [1.29, 1.82) is 0 Å². The molecule has 0 unspecified atom stereocenters. The van der Waals surface area contributed by atoms with E-state index in [0.29, 0.717) is 0 Å². The molecule has 4 aromatic carbocycles. The van der Waals surface area contributed by atoms with Crippen molar-refractivity contribution in [2.24, 2.45) is 0 Å². The topological polar surface area (TPSA) is 0 Å². The van der Waals surface area contributed by atoms with Gasteiger partial charge in [0.05, 0.1) is 0 Å². The molecule has 0 radical (unpaired) electrons. The summed E-state index contributed by atoms with van der Waals surface area (Å²) in [6.07, 6.45) is 97.0. The minimum absolute atomic E-state index is 0. The van der Waals surface area contributed by atoms with Gasteiger partial charge in [-0.15, -0.1) is 35.2 Å². The van der Waals surface area contributed by atoms with Gasteiger partial charge in [0.2, 0.25) is 0 Å². The Kier molecular flexibility index (Phi) is 60.5. The minimum Gasteiger partial charge on any atom is -1.00 e. The van der Waals surface area contributed by atoms with Crippen molar-refractivity contribution in [1.82, 2.24) is 0 Å². The number of unbranched alkanes of at least 4 members (excludes halogenated alkanes) is 54. The molecule has 3 heteroatoms. The molecule has 0 amide bonds. The second kappa shape index (κ2) is 64.4. The molecular formula is C101H164Cl2Zr-2. The molecule has 2 aliphatic rings. The third-order valence-electron chi connectivity index (χ3n) is 22.8. The van der Waals surface area contributed by atoms with Gasteiger partial charge < -0.3 is 24.8 Å². The Bertz CT molecular complexity index is 2560. The first-order chi connectivity index (χ1) is 49.8. The number of benzene rings is 4. The van der Waals surface area contributed by atoms with Gasteiger partial charge in [0, 0.05) is 0 Å². The Hall–Kier alpha value is -2.31. The fourth-order valence-electron chi connectivity index (χ4n) is 16.1. The summed E-state index contributed by atoms with van der Waals surface area (Å²) in [4.78, 5) is 0. The van der Waals surface area contributed by atoms with Crippen LogP contribution in [0.5, 0.6) is 0 Å². The summed E-state index contributed by atoms with van der Waals surface area (Å²) < 4.78 is 1.88. The molecular weight excluding hydrogens is 1380 g/mol. The van der Waals surface area contributed by atoms with Gasteiger partial charge >= 0.3 is 169 Å². The molecule has 0 nitrogen and oxygen atoms in total. The third kappa shape index (κ3) is 46.4. The van der Waals surface area contributed by atoms with Crippen molar-refractivity contribution in [3.8, 4) is 33.4 Å². The summed E-state index contributed by atoms with van der Waals surface area (Å²) >= 11 is 1.73. The Morgan fingerprint density at radius 3 is 0.894 bits per heavy atom. The molecule has 0 fully saturated rings.